The zero-order valence-electron chi connectivity index (χ0n) is 13.7. The molecular weight excluding hydrogens is 324 g/mol. The molecule has 0 radical (unpaired) electrons. The lowest BCUT2D eigenvalue weighted by atomic mass is 10.1. The molecule has 0 saturated heterocycles. The SMILES string of the molecule is CCCCCCn1c(=O)c(/C=N/NC(N)=S)c(O)c2ccccc21. The molecule has 0 spiro atoms. The first-order valence-electron chi connectivity index (χ1n) is 7.99. The number of para-hydroxylation sites is 1. The van der Waals surface area contributed by atoms with Crippen molar-refractivity contribution in [1.29, 1.82) is 0 Å². The van der Waals surface area contributed by atoms with Gasteiger partial charge < -0.3 is 15.4 Å². The molecular formula is C17H22N4O2S. The van der Waals surface area contributed by atoms with E-state index in [9.17, 15) is 9.90 Å². The van der Waals surface area contributed by atoms with Crippen LogP contribution in [0.3, 0.4) is 0 Å². The fourth-order valence-electron chi connectivity index (χ4n) is 2.61. The number of aryl methyl sites for hydroxylation is 1. The Bertz CT molecular complexity index is 814. The maximum atomic E-state index is 12.8. The molecule has 0 aliphatic heterocycles. The van der Waals surface area contributed by atoms with Crippen molar-refractivity contribution in [2.24, 2.45) is 10.8 Å². The number of hydrazone groups is 1. The van der Waals surface area contributed by atoms with E-state index in [-0.39, 0.29) is 22.0 Å². The number of rotatable bonds is 7. The van der Waals surface area contributed by atoms with Gasteiger partial charge in [0.2, 0.25) is 0 Å². The van der Waals surface area contributed by atoms with Crippen LogP contribution < -0.4 is 16.7 Å². The van der Waals surface area contributed by atoms with Crippen LogP contribution in [-0.2, 0) is 6.54 Å². The molecule has 0 fully saturated rings. The van der Waals surface area contributed by atoms with Gasteiger partial charge in [-0.15, -0.1) is 0 Å². The highest BCUT2D eigenvalue weighted by Gasteiger charge is 2.14. The van der Waals surface area contributed by atoms with Gasteiger partial charge in [-0.1, -0.05) is 38.3 Å². The third-order valence-electron chi connectivity index (χ3n) is 3.78. The Kier molecular flexibility index (Phi) is 6.31. The Morgan fingerprint density at radius 1 is 1.38 bits per heavy atom. The van der Waals surface area contributed by atoms with E-state index in [1.165, 1.54) is 6.21 Å². The van der Waals surface area contributed by atoms with Gasteiger partial charge in [0.25, 0.3) is 5.56 Å². The van der Waals surface area contributed by atoms with E-state index in [0.29, 0.717) is 11.9 Å². The number of aromatic hydroxyl groups is 1. The number of unbranched alkanes of at least 4 members (excludes halogenated alkanes) is 3. The van der Waals surface area contributed by atoms with Crippen molar-refractivity contribution in [3.05, 3.63) is 40.2 Å². The average Bonchev–Trinajstić information content (AvgIpc) is 2.57. The Morgan fingerprint density at radius 2 is 2.12 bits per heavy atom. The number of fused-ring (bicyclic) bond motifs is 1. The zero-order valence-corrected chi connectivity index (χ0v) is 14.5. The first-order chi connectivity index (χ1) is 11.6. The summed E-state index contributed by atoms with van der Waals surface area (Å²) in [5, 5.41) is 14.8. The summed E-state index contributed by atoms with van der Waals surface area (Å²) >= 11 is 4.67. The fraction of sp³-hybridized carbons (Fsp3) is 0.353. The Balaban J connectivity index is 2.48. The third kappa shape index (κ3) is 4.11. The first kappa shape index (κ1) is 17.9. The lowest BCUT2D eigenvalue weighted by Crippen LogP contribution is -2.27. The molecule has 2 rings (SSSR count). The van der Waals surface area contributed by atoms with Crippen molar-refractivity contribution in [2.75, 3.05) is 0 Å². The van der Waals surface area contributed by atoms with Crippen LogP contribution in [0.5, 0.6) is 5.75 Å². The summed E-state index contributed by atoms with van der Waals surface area (Å²) in [6.45, 7) is 2.74. The lowest BCUT2D eigenvalue weighted by Gasteiger charge is -2.13. The summed E-state index contributed by atoms with van der Waals surface area (Å²) in [6, 6.07) is 7.30. The summed E-state index contributed by atoms with van der Waals surface area (Å²) < 4.78 is 1.69. The number of nitrogens with zero attached hydrogens (tertiary/aromatic N) is 2. The quantitative estimate of drug-likeness (QED) is 0.310. The van der Waals surface area contributed by atoms with E-state index in [1.807, 2.05) is 18.2 Å². The number of nitrogens with one attached hydrogen (secondary N) is 1. The lowest BCUT2D eigenvalue weighted by molar-refractivity contribution is 0.476. The molecule has 1 aromatic heterocycles. The van der Waals surface area contributed by atoms with Gasteiger partial charge in [0.15, 0.2) is 5.11 Å². The Morgan fingerprint density at radius 3 is 2.83 bits per heavy atom. The Hall–Kier alpha value is -2.41. The van der Waals surface area contributed by atoms with Gasteiger partial charge in [-0.25, -0.2) is 0 Å². The molecule has 2 aromatic rings. The van der Waals surface area contributed by atoms with Gasteiger partial charge in [-0.05, 0) is 30.8 Å². The molecule has 1 heterocycles. The number of benzene rings is 1. The van der Waals surface area contributed by atoms with E-state index in [0.717, 1.165) is 31.2 Å². The van der Waals surface area contributed by atoms with Gasteiger partial charge >= 0.3 is 0 Å². The van der Waals surface area contributed by atoms with Crippen molar-refractivity contribution >= 4 is 34.4 Å². The molecule has 6 nitrogen and oxygen atoms in total. The summed E-state index contributed by atoms with van der Waals surface area (Å²) in [7, 11) is 0. The second-order valence-corrected chi connectivity index (χ2v) is 5.97. The van der Waals surface area contributed by atoms with Crippen molar-refractivity contribution < 1.29 is 5.11 Å². The monoisotopic (exact) mass is 346 g/mol. The van der Waals surface area contributed by atoms with Crippen LogP contribution in [0, 0.1) is 0 Å². The third-order valence-corrected chi connectivity index (χ3v) is 3.88. The minimum Gasteiger partial charge on any atom is -0.506 e. The Labute approximate surface area is 146 Å². The molecule has 1 aromatic carbocycles. The van der Waals surface area contributed by atoms with Gasteiger partial charge in [0.05, 0.1) is 11.7 Å². The van der Waals surface area contributed by atoms with E-state index in [2.05, 4.69) is 29.7 Å². The minimum atomic E-state index is -0.281. The number of thiocarbonyl (C=S) groups is 1. The highest BCUT2D eigenvalue weighted by Crippen LogP contribution is 2.25. The highest BCUT2D eigenvalue weighted by molar-refractivity contribution is 7.80. The van der Waals surface area contributed by atoms with Crippen molar-refractivity contribution in [2.45, 2.75) is 39.2 Å². The molecule has 0 aliphatic carbocycles. The molecule has 0 aliphatic rings. The number of hydrogen-bond donors (Lipinski definition) is 3. The predicted octanol–water partition coefficient (Wildman–Crippen LogP) is 2.45. The molecule has 0 amide bonds. The maximum Gasteiger partial charge on any atom is 0.263 e. The number of pyridine rings is 1. The van der Waals surface area contributed by atoms with Crippen LogP contribution in [0.1, 0.15) is 38.2 Å². The predicted molar refractivity (Wildman–Crippen MR) is 102 cm³/mol. The van der Waals surface area contributed by atoms with E-state index >= 15 is 0 Å². The van der Waals surface area contributed by atoms with Crippen molar-refractivity contribution in [3.8, 4) is 5.75 Å². The normalized spacial score (nSPS) is 11.2. The van der Waals surface area contributed by atoms with E-state index in [1.54, 1.807) is 10.6 Å². The number of hydrogen-bond acceptors (Lipinski definition) is 4. The number of aromatic nitrogens is 1. The molecule has 4 N–H and O–H groups in total. The second-order valence-electron chi connectivity index (χ2n) is 5.53. The largest absolute Gasteiger partial charge is 0.506 e. The standard InChI is InChI=1S/C17H22N4O2S/c1-2-3-4-7-10-21-14-9-6-5-8-12(14)15(22)13(16(21)23)11-19-20-17(18)24/h5-6,8-9,11,22H,2-4,7,10H2,1H3,(H3,18,20,24)/b19-11+. The van der Waals surface area contributed by atoms with Gasteiger partial charge in [-0.3, -0.25) is 10.2 Å². The van der Waals surface area contributed by atoms with Crippen LogP contribution in [0.25, 0.3) is 10.9 Å². The smallest absolute Gasteiger partial charge is 0.263 e. The summed E-state index contributed by atoms with van der Waals surface area (Å²) in [5.41, 5.74) is 8.26. The molecule has 0 saturated carbocycles. The van der Waals surface area contributed by atoms with Crippen molar-refractivity contribution in [1.82, 2.24) is 9.99 Å². The topological polar surface area (TPSA) is 92.6 Å². The molecule has 7 heteroatoms. The van der Waals surface area contributed by atoms with Crippen molar-refractivity contribution in [3.63, 3.8) is 0 Å². The summed E-state index contributed by atoms with van der Waals surface area (Å²) in [5.74, 6) is -0.0890. The maximum absolute atomic E-state index is 12.8. The van der Waals surface area contributed by atoms with Crippen LogP contribution in [0.2, 0.25) is 0 Å². The van der Waals surface area contributed by atoms with Gasteiger partial charge in [-0.2, -0.15) is 5.10 Å². The van der Waals surface area contributed by atoms with E-state index in [4.69, 9.17) is 5.73 Å². The van der Waals surface area contributed by atoms with Crippen LogP contribution in [0.4, 0.5) is 0 Å². The van der Waals surface area contributed by atoms with Gasteiger partial charge in [0.1, 0.15) is 11.3 Å². The average molecular weight is 346 g/mol. The molecule has 0 atom stereocenters. The molecule has 0 bridgehead atoms. The fourth-order valence-corrected chi connectivity index (χ4v) is 2.66. The van der Waals surface area contributed by atoms with Gasteiger partial charge in [0, 0.05) is 11.9 Å². The van der Waals surface area contributed by atoms with Crippen LogP contribution in [-0.4, -0.2) is 21.0 Å². The van der Waals surface area contributed by atoms with Crippen LogP contribution in [0.15, 0.2) is 34.2 Å². The molecule has 0 unspecified atom stereocenters. The number of nitrogens with two attached hydrogens (primary N) is 1. The summed E-state index contributed by atoms with van der Waals surface area (Å²) in [6.07, 6.45) is 5.49. The second kappa shape index (κ2) is 8.44. The minimum absolute atomic E-state index is 0.00794. The first-order valence-corrected chi connectivity index (χ1v) is 8.40. The molecule has 24 heavy (non-hydrogen) atoms. The van der Waals surface area contributed by atoms with Crippen LogP contribution >= 0.6 is 12.2 Å². The highest BCUT2D eigenvalue weighted by atomic mass is 32.1. The summed E-state index contributed by atoms with van der Waals surface area (Å²) in [4.78, 5) is 12.8. The molecule has 128 valence electrons. The zero-order chi connectivity index (χ0) is 17.5. The van der Waals surface area contributed by atoms with E-state index < -0.39 is 0 Å².